The Hall–Kier alpha value is -1.13. The molecule has 4 nitrogen and oxygen atoms in total. The number of anilines is 1. The maximum absolute atomic E-state index is 11.6. The first-order valence-electron chi connectivity index (χ1n) is 5.86. The summed E-state index contributed by atoms with van der Waals surface area (Å²) in [6.07, 6.45) is 4.19. The Morgan fingerprint density at radius 1 is 1.59 bits per heavy atom. The van der Waals surface area contributed by atoms with Gasteiger partial charge in [0.25, 0.3) is 0 Å². The average Bonchev–Trinajstić information content (AvgIpc) is 2.83. The normalized spacial score (nSPS) is 19.2. The fraction of sp³-hybridized carbons (Fsp3) is 0.500. The molecule has 1 saturated heterocycles. The van der Waals surface area contributed by atoms with Crippen molar-refractivity contribution in [2.75, 3.05) is 18.4 Å². The number of carbonyl (C=O) groups is 1. The van der Waals surface area contributed by atoms with E-state index in [0.29, 0.717) is 23.2 Å². The van der Waals surface area contributed by atoms with E-state index in [2.05, 4.69) is 15.6 Å². The number of halogens is 1. The minimum atomic E-state index is 0.0201. The zero-order chi connectivity index (χ0) is 12.1. The van der Waals surface area contributed by atoms with Gasteiger partial charge in [-0.15, -0.1) is 0 Å². The van der Waals surface area contributed by atoms with Gasteiger partial charge in [0, 0.05) is 12.6 Å². The number of nitrogens with one attached hydrogen (secondary N) is 2. The molecule has 1 atom stereocenters. The maximum atomic E-state index is 11.6. The molecule has 92 valence electrons. The first-order chi connectivity index (χ1) is 8.24. The summed E-state index contributed by atoms with van der Waals surface area (Å²) in [6.45, 7) is 2.11. The number of amides is 1. The SMILES string of the molecule is O=C(CCC1CCNC1)Nc1ccc(Cl)cn1. The van der Waals surface area contributed by atoms with Crippen LogP contribution in [-0.2, 0) is 4.79 Å². The number of aromatic nitrogens is 1. The van der Waals surface area contributed by atoms with Crippen molar-refractivity contribution in [2.45, 2.75) is 19.3 Å². The van der Waals surface area contributed by atoms with Crippen LogP contribution in [0.15, 0.2) is 18.3 Å². The van der Waals surface area contributed by atoms with E-state index in [-0.39, 0.29) is 5.91 Å². The van der Waals surface area contributed by atoms with Crippen LogP contribution in [-0.4, -0.2) is 24.0 Å². The summed E-state index contributed by atoms with van der Waals surface area (Å²) >= 11 is 5.71. The van der Waals surface area contributed by atoms with Crippen molar-refractivity contribution in [3.63, 3.8) is 0 Å². The van der Waals surface area contributed by atoms with Gasteiger partial charge >= 0.3 is 0 Å². The van der Waals surface area contributed by atoms with E-state index in [1.54, 1.807) is 12.1 Å². The van der Waals surface area contributed by atoms with Gasteiger partial charge in [-0.3, -0.25) is 4.79 Å². The molecule has 17 heavy (non-hydrogen) atoms. The number of nitrogens with zero attached hydrogens (tertiary/aromatic N) is 1. The molecule has 0 aliphatic carbocycles. The summed E-state index contributed by atoms with van der Waals surface area (Å²) in [4.78, 5) is 15.7. The summed E-state index contributed by atoms with van der Waals surface area (Å²) in [5.41, 5.74) is 0. The highest BCUT2D eigenvalue weighted by Crippen LogP contribution is 2.15. The third-order valence-electron chi connectivity index (χ3n) is 2.94. The highest BCUT2D eigenvalue weighted by atomic mass is 35.5. The predicted molar refractivity (Wildman–Crippen MR) is 68.1 cm³/mol. The van der Waals surface area contributed by atoms with E-state index in [4.69, 9.17) is 11.6 Å². The Morgan fingerprint density at radius 3 is 3.12 bits per heavy atom. The molecule has 2 N–H and O–H groups in total. The van der Waals surface area contributed by atoms with Gasteiger partial charge in [-0.25, -0.2) is 4.98 Å². The predicted octanol–water partition coefficient (Wildman–Crippen LogP) is 2.06. The number of hydrogen-bond donors (Lipinski definition) is 2. The summed E-state index contributed by atoms with van der Waals surface area (Å²) in [5, 5.41) is 6.63. The standard InChI is InChI=1S/C12H16ClN3O/c13-10-2-3-11(15-8-10)16-12(17)4-1-9-5-6-14-7-9/h2-3,8-9,14H,1,4-7H2,(H,15,16,17). The fourth-order valence-corrected chi connectivity index (χ4v) is 2.06. The number of pyridine rings is 1. The van der Waals surface area contributed by atoms with Gasteiger partial charge in [-0.1, -0.05) is 11.6 Å². The van der Waals surface area contributed by atoms with Crippen molar-refractivity contribution in [3.05, 3.63) is 23.4 Å². The van der Waals surface area contributed by atoms with Crippen LogP contribution in [0.2, 0.25) is 5.02 Å². The van der Waals surface area contributed by atoms with E-state index >= 15 is 0 Å². The molecule has 1 aromatic rings. The van der Waals surface area contributed by atoms with Crippen LogP contribution in [0.1, 0.15) is 19.3 Å². The van der Waals surface area contributed by atoms with Crippen LogP contribution >= 0.6 is 11.6 Å². The van der Waals surface area contributed by atoms with E-state index in [9.17, 15) is 4.79 Å². The molecular weight excluding hydrogens is 238 g/mol. The molecule has 1 aliphatic rings. The van der Waals surface area contributed by atoms with Crippen molar-refractivity contribution in [2.24, 2.45) is 5.92 Å². The second kappa shape index (κ2) is 5.98. The molecule has 1 aromatic heterocycles. The maximum Gasteiger partial charge on any atom is 0.225 e. The van der Waals surface area contributed by atoms with Crippen molar-refractivity contribution >= 4 is 23.3 Å². The molecule has 0 bridgehead atoms. The van der Waals surface area contributed by atoms with Crippen LogP contribution in [0, 0.1) is 5.92 Å². The molecule has 0 spiro atoms. The topological polar surface area (TPSA) is 54.0 Å². The van der Waals surface area contributed by atoms with Crippen LogP contribution in [0.5, 0.6) is 0 Å². The van der Waals surface area contributed by atoms with E-state index in [1.807, 2.05) is 0 Å². The molecule has 0 saturated carbocycles. The van der Waals surface area contributed by atoms with E-state index < -0.39 is 0 Å². The highest BCUT2D eigenvalue weighted by molar-refractivity contribution is 6.30. The van der Waals surface area contributed by atoms with Crippen LogP contribution in [0.3, 0.4) is 0 Å². The van der Waals surface area contributed by atoms with Crippen molar-refractivity contribution < 1.29 is 4.79 Å². The third kappa shape index (κ3) is 3.98. The summed E-state index contributed by atoms with van der Waals surface area (Å²) < 4.78 is 0. The van der Waals surface area contributed by atoms with Gasteiger partial charge in [-0.05, 0) is 44.0 Å². The molecule has 1 fully saturated rings. The van der Waals surface area contributed by atoms with Crippen molar-refractivity contribution in [3.8, 4) is 0 Å². The molecule has 2 rings (SSSR count). The fourth-order valence-electron chi connectivity index (χ4n) is 1.95. The van der Waals surface area contributed by atoms with Crippen LogP contribution < -0.4 is 10.6 Å². The number of rotatable bonds is 4. The van der Waals surface area contributed by atoms with Gasteiger partial charge in [0.2, 0.25) is 5.91 Å². The van der Waals surface area contributed by atoms with Gasteiger partial charge in [0.15, 0.2) is 0 Å². The Morgan fingerprint density at radius 2 is 2.47 bits per heavy atom. The van der Waals surface area contributed by atoms with E-state index in [1.165, 1.54) is 12.6 Å². The van der Waals surface area contributed by atoms with Gasteiger partial charge < -0.3 is 10.6 Å². The minimum absolute atomic E-state index is 0.0201. The van der Waals surface area contributed by atoms with E-state index in [0.717, 1.165) is 19.5 Å². The second-order valence-corrected chi connectivity index (χ2v) is 4.74. The quantitative estimate of drug-likeness (QED) is 0.864. The first kappa shape index (κ1) is 12.3. The lowest BCUT2D eigenvalue weighted by atomic mass is 10.0. The summed E-state index contributed by atoms with van der Waals surface area (Å²) in [6, 6.07) is 3.42. The number of carbonyl (C=O) groups excluding carboxylic acids is 1. The molecule has 0 aromatic carbocycles. The monoisotopic (exact) mass is 253 g/mol. The Balaban J connectivity index is 1.74. The van der Waals surface area contributed by atoms with Gasteiger partial charge in [0.1, 0.15) is 5.82 Å². The number of hydrogen-bond acceptors (Lipinski definition) is 3. The highest BCUT2D eigenvalue weighted by Gasteiger charge is 2.15. The second-order valence-electron chi connectivity index (χ2n) is 4.31. The molecule has 1 unspecified atom stereocenters. The molecule has 0 radical (unpaired) electrons. The van der Waals surface area contributed by atoms with Gasteiger partial charge in [-0.2, -0.15) is 0 Å². The largest absolute Gasteiger partial charge is 0.316 e. The zero-order valence-electron chi connectivity index (χ0n) is 9.58. The smallest absolute Gasteiger partial charge is 0.225 e. The summed E-state index contributed by atoms with van der Waals surface area (Å²) in [5.74, 6) is 1.22. The lowest BCUT2D eigenvalue weighted by Gasteiger charge is -2.08. The Kier molecular flexibility index (Phi) is 4.34. The first-order valence-corrected chi connectivity index (χ1v) is 6.24. The molecule has 1 aliphatic heterocycles. The van der Waals surface area contributed by atoms with Crippen LogP contribution in [0.4, 0.5) is 5.82 Å². The molecule has 2 heterocycles. The van der Waals surface area contributed by atoms with Crippen molar-refractivity contribution in [1.29, 1.82) is 0 Å². The zero-order valence-corrected chi connectivity index (χ0v) is 10.3. The molecular formula is C12H16ClN3O. The summed E-state index contributed by atoms with van der Waals surface area (Å²) in [7, 11) is 0. The van der Waals surface area contributed by atoms with Gasteiger partial charge in [0.05, 0.1) is 5.02 Å². The van der Waals surface area contributed by atoms with Crippen molar-refractivity contribution in [1.82, 2.24) is 10.3 Å². The van der Waals surface area contributed by atoms with Crippen LogP contribution in [0.25, 0.3) is 0 Å². The lowest BCUT2D eigenvalue weighted by Crippen LogP contribution is -2.15. The third-order valence-corrected chi connectivity index (χ3v) is 3.16. The average molecular weight is 254 g/mol. The Bertz CT molecular complexity index is 374. The lowest BCUT2D eigenvalue weighted by molar-refractivity contribution is -0.116. The molecule has 1 amide bonds. The minimum Gasteiger partial charge on any atom is -0.316 e. The molecule has 5 heteroatoms. The Labute approximate surface area is 106 Å².